The minimum Gasteiger partial charge on any atom is -0.663 e. The molecule has 11 heteroatoms. The van der Waals surface area contributed by atoms with Gasteiger partial charge in [0.25, 0.3) is 0 Å². The molecule has 0 aliphatic carbocycles. The molecule has 4 aliphatic heterocycles. The Hall–Kier alpha value is -1.86. The van der Waals surface area contributed by atoms with E-state index in [1.54, 1.807) is 0 Å². The van der Waals surface area contributed by atoms with E-state index in [4.69, 9.17) is 39.3 Å². The number of ether oxygens (including phenoxy) is 3. The van der Waals surface area contributed by atoms with Gasteiger partial charge in [-0.15, -0.1) is 0 Å². The van der Waals surface area contributed by atoms with Crippen LogP contribution in [0.4, 0.5) is 0 Å². The molecule has 0 spiro atoms. The quantitative estimate of drug-likeness (QED) is 0.138. The van der Waals surface area contributed by atoms with Gasteiger partial charge in [-0.3, -0.25) is 0 Å². The summed E-state index contributed by atoms with van der Waals surface area (Å²) in [6, 6.07) is 18.2. The number of hydrogen-bond acceptors (Lipinski definition) is 4. The van der Waals surface area contributed by atoms with Crippen molar-refractivity contribution in [2.45, 2.75) is 167 Å². The number of hydrogen-bond donors (Lipinski definition) is 1. The van der Waals surface area contributed by atoms with Crippen molar-refractivity contribution >= 4 is 37.7 Å². The van der Waals surface area contributed by atoms with Crippen LogP contribution in [0.15, 0.2) is 48.5 Å². The van der Waals surface area contributed by atoms with Crippen LogP contribution in [-0.4, -0.2) is 82.5 Å². The van der Waals surface area contributed by atoms with Crippen molar-refractivity contribution in [2.24, 2.45) is 0 Å². The minimum absolute atomic E-state index is 0. The number of nitrogens with zero attached hydrogens (tertiary/aromatic N) is 4. The van der Waals surface area contributed by atoms with Crippen LogP contribution in [0.1, 0.15) is 191 Å². The average Bonchev–Trinajstić information content (AvgIpc) is 4.12. The van der Waals surface area contributed by atoms with Gasteiger partial charge in [0.15, 0.2) is 0 Å². The Morgan fingerprint density at radius 1 is 0.410 bits per heavy atom. The molecule has 3 fully saturated rings. The van der Waals surface area contributed by atoms with Gasteiger partial charge in [-0.1, -0.05) is 110 Å². The molecule has 8 rings (SSSR count). The van der Waals surface area contributed by atoms with Gasteiger partial charge in [0, 0.05) is 77.4 Å². The third-order valence-corrected chi connectivity index (χ3v) is 13.8. The normalized spacial score (nSPS) is 18.2. The zero-order valence-electron chi connectivity index (χ0n) is 39.7. The number of terminal acetylenes is 1. The van der Waals surface area contributed by atoms with Gasteiger partial charge in [-0.2, -0.15) is 45.6 Å². The molecule has 4 aromatic rings. The predicted molar refractivity (Wildman–Crippen MR) is 247 cm³/mol. The third kappa shape index (κ3) is 12.5. The van der Waals surface area contributed by atoms with Crippen LogP contribution in [0, 0.1) is 12.5 Å². The molecule has 8 heterocycles. The van der Waals surface area contributed by atoms with Crippen molar-refractivity contribution in [2.75, 3.05) is 39.6 Å². The summed E-state index contributed by atoms with van der Waals surface area (Å²) in [5.41, 5.74) is 8.28. The summed E-state index contributed by atoms with van der Waals surface area (Å²) >= 11 is 0. The fourth-order valence-electron chi connectivity index (χ4n) is 9.53. The third-order valence-electron chi connectivity index (χ3n) is 13.8. The Labute approximate surface area is 406 Å². The van der Waals surface area contributed by atoms with Gasteiger partial charge in [0.05, 0.1) is 0 Å². The van der Waals surface area contributed by atoms with E-state index in [2.05, 4.69) is 110 Å². The van der Waals surface area contributed by atoms with Crippen LogP contribution in [0.2, 0.25) is 0 Å². The molecule has 3 radical (unpaired) electrons. The van der Waals surface area contributed by atoms with E-state index in [1.165, 1.54) is 44.6 Å². The Balaban J connectivity index is 0.000000731. The van der Waals surface area contributed by atoms with Gasteiger partial charge < -0.3 is 39.3 Å². The molecule has 0 atom stereocenters. The summed E-state index contributed by atoms with van der Waals surface area (Å²) in [5.74, 6) is 0. The van der Waals surface area contributed by atoms with Crippen molar-refractivity contribution in [3.8, 4) is 12.5 Å². The smallest absolute Gasteiger partial charge is 0.663 e. The molecular weight excluding hydrogens is 785 g/mol. The summed E-state index contributed by atoms with van der Waals surface area (Å²) in [7, 11) is 0. The van der Waals surface area contributed by atoms with Crippen molar-refractivity contribution < 1.29 is 37.9 Å². The van der Waals surface area contributed by atoms with Crippen LogP contribution < -0.4 is 19.9 Å². The number of aromatic nitrogens is 4. The van der Waals surface area contributed by atoms with Gasteiger partial charge in [-0.05, 0) is 112 Å². The predicted octanol–water partition coefficient (Wildman–Crippen LogP) is 9.83. The molecule has 4 aromatic heterocycles. The van der Waals surface area contributed by atoms with Crippen LogP contribution in [0.3, 0.4) is 0 Å². The van der Waals surface area contributed by atoms with E-state index in [-0.39, 0.29) is 77.9 Å². The van der Waals surface area contributed by atoms with E-state index in [9.17, 15) is 0 Å². The first kappa shape index (κ1) is 57.2. The number of aliphatic hydroxyl groups is 1. The largest absolute Gasteiger partial charge is 4.00 e. The first-order valence-electron chi connectivity index (χ1n) is 22.7. The Bertz CT molecular complexity index is 1430. The van der Waals surface area contributed by atoms with Crippen LogP contribution in [0.25, 0.3) is 0 Å². The molecule has 8 nitrogen and oxygen atoms in total. The van der Waals surface area contributed by atoms with Crippen molar-refractivity contribution in [3.63, 3.8) is 0 Å². The molecular formula is C50H74Li2N4O4V. The standard InChI is InChI=1S/C36H48N4.3C4H8O.C2H2O.2Li.V/c1-9-33(10-2)25-17-19-27(37-25)34(11-3,12-4)29-21-23-31(39-29)36(15-7,16-8)32-24-22-30(40-32)35(13-5,14-6)28-20-18-26(33)38-28;3*1-2-4-5-3-1;1-2-3;;;/h17-24H,9-16H2,1-8H3;3*1-4H2;1,3H;;;/q-4;;;;;;;+4. The molecule has 4 aliphatic rings. The summed E-state index contributed by atoms with van der Waals surface area (Å²) in [4.78, 5) is 21.9. The SMILES string of the molecule is C#CO.C1CCOC1.C1CCOC1.C1CCOC1.CCC1(CC)c2ccc([n-]2)C(CC)(CC)c2ccc([n-]2)C(CC)(CC)c2ccc([n-]2)C(CC)(CC)c2ccc1[n-]2.[Li].[Li].[V+4]. The van der Waals surface area contributed by atoms with Crippen LogP contribution in [-0.2, 0) is 54.4 Å². The molecule has 8 bridgehead atoms. The Morgan fingerprint density at radius 3 is 0.623 bits per heavy atom. The van der Waals surface area contributed by atoms with Gasteiger partial charge in [-0.25, -0.2) is 0 Å². The molecule has 1 N–H and O–H groups in total. The number of rotatable bonds is 8. The summed E-state index contributed by atoms with van der Waals surface area (Å²) in [5, 5.41) is 7.10. The molecule has 0 saturated carbocycles. The molecule has 3 saturated heterocycles. The molecule has 0 amide bonds. The molecule has 0 aromatic carbocycles. The van der Waals surface area contributed by atoms with E-state index in [0.717, 1.165) is 137 Å². The topological polar surface area (TPSA) is 104 Å². The second-order valence-electron chi connectivity index (χ2n) is 16.1. The van der Waals surface area contributed by atoms with Crippen molar-refractivity contribution in [1.29, 1.82) is 0 Å². The van der Waals surface area contributed by atoms with Gasteiger partial charge in [0.2, 0.25) is 0 Å². The monoisotopic (exact) mass is 860 g/mol. The second-order valence-corrected chi connectivity index (χ2v) is 16.1. The number of aliphatic hydroxyl groups excluding tert-OH is 1. The number of fused-ring (bicyclic) bond motifs is 8. The van der Waals surface area contributed by atoms with E-state index in [0.29, 0.717) is 0 Å². The van der Waals surface area contributed by atoms with Gasteiger partial charge in [0.1, 0.15) is 6.11 Å². The zero-order valence-corrected chi connectivity index (χ0v) is 41.1. The van der Waals surface area contributed by atoms with Crippen LogP contribution in [0.5, 0.6) is 0 Å². The van der Waals surface area contributed by atoms with E-state index in [1.807, 2.05) is 0 Å². The summed E-state index contributed by atoms with van der Waals surface area (Å²) < 4.78 is 14.8. The Kier molecular flexibility index (Phi) is 26.4. The van der Waals surface area contributed by atoms with Crippen LogP contribution >= 0.6 is 0 Å². The maximum Gasteiger partial charge on any atom is 4.00 e. The second kappa shape index (κ2) is 28.1. The van der Waals surface area contributed by atoms with Crippen molar-refractivity contribution in [3.05, 3.63) is 94.1 Å². The van der Waals surface area contributed by atoms with E-state index < -0.39 is 0 Å². The average molecular weight is 860 g/mol. The molecule has 0 unspecified atom stereocenters. The first-order valence-corrected chi connectivity index (χ1v) is 22.7. The molecule has 325 valence electrons. The minimum atomic E-state index is -0.219. The van der Waals surface area contributed by atoms with Crippen molar-refractivity contribution in [1.82, 2.24) is 19.9 Å². The first-order chi connectivity index (χ1) is 28.2. The Morgan fingerprint density at radius 2 is 0.541 bits per heavy atom. The maximum atomic E-state index is 7.10. The fraction of sp³-hybridized carbons (Fsp3) is 0.640. The zero-order chi connectivity index (χ0) is 42.1. The maximum absolute atomic E-state index is 7.10. The van der Waals surface area contributed by atoms with Gasteiger partial charge >= 0.3 is 18.6 Å². The van der Waals surface area contributed by atoms with E-state index >= 15 is 0 Å². The summed E-state index contributed by atoms with van der Waals surface area (Å²) in [6.45, 7) is 24.3. The molecule has 61 heavy (non-hydrogen) atoms. The fourth-order valence-corrected chi connectivity index (χ4v) is 9.53. The summed E-state index contributed by atoms with van der Waals surface area (Å²) in [6.07, 6.45) is 20.7.